The SMILES string of the molecule is C.CC1=C(c2c(C)c(C)c(C)c(C)c2C)CCNC1C.CC1C(=O)CCN(C(=O)OC(C)(C)C)C1C.Cc1c(C)c(C)c(Br)c(C)c1C.Cc1c(C)c(C)c(C2(O)CCN(C(=O)OC(C)(C)C)C(C)C2C)c(C)c1C.Cc1c(C)c(C)c(C2CCNC(C)C2C)c(C)c1C.[HH]. The van der Waals surface area contributed by atoms with Gasteiger partial charge in [0.15, 0.2) is 0 Å². The molecule has 0 bridgehead atoms. The molecule has 9 atom stereocenters. The Morgan fingerprint density at radius 2 is 0.883 bits per heavy atom. The lowest BCUT2D eigenvalue weighted by Gasteiger charge is -2.49. The third-order valence-corrected chi connectivity index (χ3v) is 24.8. The summed E-state index contributed by atoms with van der Waals surface area (Å²) in [7, 11) is 0. The van der Waals surface area contributed by atoms with Crippen molar-refractivity contribution in [1.82, 2.24) is 20.4 Å². The predicted molar refractivity (Wildman–Crippen MR) is 407 cm³/mol. The summed E-state index contributed by atoms with van der Waals surface area (Å²) in [6.07, 6.45) is 2.76. The number of carbonyl (C=O) groups is 3. The first kappa shape index (κ1) is 83.4. The standard InChI is InChI=1S/C23H37NO3.C18H29N.C18H27N.C12H21NO3.C11H15Br.CH4.H2/c1-13-14(2)16(4)20(17(5)15(13)3)23(26)11-12-24(19(7)18(23)6)21(25)27-22(8,9)10;2*1-10-11(2)13(4)18(14(5)12(10)3)17-8-9-19-16(7)15(17)6;1-8-9(2)13(7-6-10(8)14)11(15)16-12(3,4)5;1-6-7(2)9(4)11(12)10(5)8(6)3;;/h18-19,26H,11-12H2,1-10H3;15-17,19H,8-9H2,1-7H3;16,19H,8-9H2,1-7H3;8-9H,6-7H2,1-5H3;1-5H3;1H4;1H. The number of nitrogens with zero attached hydrogens (tertiary/aromatic N) is 2. The second-order valence-corrected chi connectivity index (χ2v) is 31.7. The number of piperidine rings is 3. The Bertz CT molecular complexity index is 3240. The number of carbonyl (C=O) groups excluding carboxylic acids is 3. The number of benzene rings is 4. The highest BCUT2D eigenvalue weighted by atomic mass is 79.9. The molecule has 4 aliphatic heterocycles. The molecular weight excluding hydrogens is 1230 g/mol. The van der Waals surface area contributed by atoms with Gasteiger partial charge in [0.05, 0.1) is 5.60 Å². The maximum Gasteiger partial charge on any atom is 0.410 e. The van der Waals surface area contributed by atoms with Crippen LogP contribution in [0.3, 0.4) is 0 Å². The number of aliphatic hydroxyl groups is 1. The van der Waals surface area contributed by atoms with E-state index in [1.54, 1.807) is 20.9 Å². The van der Waals surface area contributed by atoms with Crippen molar-refractivity contribution >= 4 is 39.5 Å². The Kier molecular flexibility index (Phi) is 29.4. The van der Waals surface area contributed by atoms with Crippen LogP contribution in [0.25, 0.3) is 5.57 Å². The topological polar surface area (TPSA) is 120 Å². The molecule has 0 aromatic heterocycles. The molecule has 4 aromatic carbocycles. The Balaban J connectivity index is 0.000000411. The smallest absolute Gasteiger partial charge is 0.410 e. The lowest BCUT2D eigenvalue weighted by molar-refractivity contribution is -0.127. The number of ketones is 1. The minimum absolute atomic E-state index is 0. The fourth-order valence-electron chi connectivity index (χ4n) is 14.8. The Labute approximate surface area is 584 Å². The monoisotopic (exact) mass is 1360 g/mol. The highest BCUT2D eigenvalue weighted by molar-refractivity contribution is 9.10. The summed E-state index contributed by atoms with van der Waals surface area (Å²) in [4.78, 5) is 39.4. The number of Topliss-reactive ketones (excluding diaryl/α,β-unsaturated/α-hetero) is 1. The van der Waals surface area contributed by atoms with Gasteiger partial charge in [-0.1, -0.05) is 49.7 Å². The average molecular weight is 1360 g/mol. The first-order chi connectivity index (χ1) is 42.6. The van der Waals surface area contributed by atoms with E-state index in [2.05, 4.69) is 193 Å². The predicted octanol–water partition coefficient (Wildman–Crippen LogP) is 20.9. The molecule has 0 spiro atoms. The molecule has 3 N–H and O–H groups in total. The van der Waals surface area contributed by atoms with Crippen LogP contribution in [0, 0.1) is 156 Å². The Hall–Kier alpha value is -4.81. The van der Waals surface area contributed by atoms with E-state index in [-0.39, 0.29) is 50.7 Å². The zero-order chi connectivity index (χ0) is 71.5. The first-order valence-corrected chi connectivity index (χ1v) is 35.8. The number of nitrogens with one attached hydrogen (secondary N) is 2. The largest absolute Gasteiger partial charge is 0.444 e. The van der Waals surface area contributed by atoms with E-state index in [1.807, 2.05) is 69.2 Å². The lowest BCUT2D eigenvalue weighted by Crippen LogP contribution is -2.57. The molecular formula is C83H135BrN4O6. The van der Waals surface area contributed by atoms with Crippen molar-refractivity contribution in [2.75, 3.05) is 26.2 Å². The molecule has 0 radical (unpaired) electrons. The van der Waals surface area contributed by atoms with Crippen molar-refractivity contribution in [1.29, 1.82) is 0 Å². The normalized spacial score (nSPS) is 23.1. The second kappa shape index (κ2) is 33.2. The van der Waals surface area contributed by atoms with Crippen LogP contribution in [0.15, 0.2) is 10.0 Å². The first-order valence-electron chi connectivity index (χ1n) is 35.0. The van der Waals surface area contributed by atoms with Crippen LogP contribution in [-0.4, -0.2) is 94.4 Å². The third kappa shape index (κ3) is 18.3. The molecule has 4 heterocycles. The fourth-order valence-corrected chi connectivity index (χ4v) is 15.4. The summed E-state index contributed by atoms with van der Waals surface area (Å²) < 4.78 is 12.2. The molecule has 0 saturated carbocycles. The zero-order valence-electron chi connectivity index (χ0n) is 65.0. The molecule has 8 rings (SSSR count). The molecule has 3 saturated heterocycles. The molecule has 530 valence electrons. The summed E-state index contributed by atoms with van der Waals surface area (Å²) in [6, 6.07) is 0.944. The highest BCUT2D eigenvalue weighted by Gasteiger charge is 2.48. The van der Waals surface area contributed by atoms with Gasteiger partial charge in [0.2, 0.25) is 0 Å². The highest BCUT2D eigenvalue weighted by Crippen LogP contribution is 2.46. The number of likely N-dealkylation sites (tertiary alicyclic amines) is 2. The van der Waals surface area contributed by atoms with Gasteiger partial charge in [-0.25, -0.2) is 9.59 Å². The zero-order valence-corrected chi connectivity index (χ0v) is 66.6. The molecule has 94 heavy (non-hydrogen) atoms. The van der Waals surface area contributed by atoms with E-state index in [0.717, 1.165) is 25.1 Å². The van der Waals surface area contributed by atoms with Crippen molar-refractivity contribution < 1.29 is 30.4 Å². The molecule has 11 heteroatoms. The van der Waals surface area contributed by atoms with Crippen LogP contribution < -0.4 is 10.6 Å². The molecule has 4 aromatic rings. The maximum absolute atomic E-state index is 12.6. The van der Waals surface area contributed by atoms with Gasteiger partial charge in [0, 0.05) is 61.4 Å². The molecule has 0 aliphatic carbocycles. The second-order valence-electron chi connectivity index (χ2n) is 30.9. The maximum atomic E-state index is 12.6. The third-order valence-electron chi connectivity index (χ3n) is 23.6. The quantitative estimate of drug-likeness (QED) is 0.186. The summed E-state index contributed by atoms with van der Waals surface area (Å²) >= 11 is 3.61. The molecule has 10 nitrogen and oxygen atoms in total. The van der Waals surface area contributed by atoms with Gasteiger partial charge in [-0.05, 0) is 392 Å². The summed E-state index contributed by atoms with van der Waals surface area (Å²) in [6.45, 7) is 75.8. The number of hydrogen-bond acceptors (Lipinski definition) is 8. The fraction of sp³-hybridized carbons (Fsp3) is 0.651. The summed E-state index contributed by atoms with van der Waals surface area (Å²) in [5.74, 6) is 1.47. The van der Waals surface area contributed by atoms with Gasteiger partial charge < -0.3 is 35.0 Å². The number of amides is 2. The minimum Gasteiger partial charge on any atom is -0.444 e. The van der Waals surface area contributed by atoms with Gasteiger partial charge >= 0.3 is 12.2 Å². The minimum atomic E-state index is -0.949. The van der Waals surface area contributed by atoms with Gasteiger partial charge in [0.1, 0.15) is 17.0 Å². The van der Waals surface area contributed by atoms with Gasteiger partial charge in [-0.3, -0.25) is 4.79 Å². The number of ether oxygens (including phenoxy) is 2. The molecule has 3 fully saturated rings. The van der Waals surface area contributed by atoms with Crippen LogP contribution in [0.2, 0.25) is 0 Å². The van der Waals surface area contributed by atoms with Gasteiger partial charge in [-0.2, -0.15) is 0 Å². The van der Waals surface area contributed by atoms with Crippen molar-refractivity contribution in [2.24, 2.45) is 17.8 Å². The van der Waals surface area contributed by atoms with Crippen LogP contribution in [0.5, 0.6) is 0 Å². The van der Waals surface area contributed by atoms with E-state index < -0.39 is 16.8 Å². The van der Waals surface area contributed by atoms with Crippen molar-refractivity contribution in [3.8, 4) is 0 Å². The summed E-state index contributed by atoms with van der Waals surface area (Å²) in [5, 5.41) is 19.0. The Morgan fingerprint density at radius 3 is 1.30 bits per heavy atom. The summed E-state index contributed by atoms with van der Waals surface area (Å²) in [5.41, 5.74) is 33.3. The van der Waals surface area contributed by atoms with Crippen molar-refractivity contribution in [3.05, 3.63) is 138 Å². The molecule has 9 unspecified atom stereocenters. The van der Waals surface area contributed by atoms with Crippen molar-refractivity contribution in [2.45, 2.75) is 315 Å². The van der Waals surface area contributed by atoms with E-state index in [9.17, 15) is 19.5 Å². The number of hydrogen-bond donors (Lipinski definition) is 3. The van der Waals surface area contributed by atoms with Crippen LogP contribution in [0.4, 0.5) is 9.59 Å². The lowest BCUT2D eigenvalue weighted by atomic mass is 9.69. The number of halogens is 1. The molecule has 2 amide bonds. The van der Waals surface area contributed by atoms with Crippen LogP contribution in [-0.2, 0) is 19.9 Å². The van der Waals surface area contributed by atoms with E-state index in [0.29, 0.717) is 49.9 Å². The van der Waals surface area contributed by atoms with E-state index >= 15 is 0 Å². The van der Waals surface area contributed by atoms with Gasteiger partial charge in [0.25, 0.3) is 0 Å². The van der Waals surface area contributed by atoms with E-state index in [4.69, 9.17) is 9.47 Å². The van der Waals surface area contributed by atoms with Crippen LogP contribution in [0.1, 0.15) is 265 Å². The van der Waals surface area contributed by atoms with E-state index in [1.165, 1.54) is 133 Å². The van der Waals surface area contributed by atoms with Crippen molar-refractivity contribution in [3.63, 3.8) is 0 Å². The van der Waals surface area contributed by atoms with Crippen LogP contribution >= 0.6 is 15.9 Å². The average Bonchev–Trinajstić information content (AvgIpc) is 0.746. The van der Waals surface area contributed by atoms with Gasteiger partial charge in [-0.15, -0.1) is 0 Å². The number of rotatable bonds is 3. The Morgan fingerprint density at radius 1 is 0.511 bits per heavy atom. The molecule has 4 aliphatic rings.